The van der Waals surface area contributed by atoms with E-state index in [1.54, 1.807) is 7.11 Å². The van der Waals surface area contributed by atoms with Crippen LogP contribution < -0.4 is 4.74 Å². The van der Waals surface area contributed by atoms with Crippen molar-refractivity contribution in [2.24, 2.45) is 0 Å². The lowest BCUT2D eigenvalue weighted by Crippen LogP contribution is -1.91. The van der Waals surface area contributed by atoms with Gasteiger partial charge in [-0.15, -0.1) is 11.8 Å². The van der Waals surface area contributed by atoms with Gasteiger partial charge in [-0.25, -0.2) is 0 Å². The summed E-state index contributed by atoms with van der Waals surface area (Å²) in [6.45, 7) is 4.07. The molecule has 0 radical (unpaired) electrons. The summed E-state index contributed by atoms with van der Waals surface area (Å²) < 4.78 is 5.27. The van der Waals surface area contributed by atoms with Crippen molar-refractivity contribution in [3.05, 3.63) is 23.3 Å². The molecule has 0 amide bonds. The molecule has 0 aliphatic heterocycles. The third-order valence-corrected chi connectivity index (χ3v) is 2.97. The molecule has 0 aliphatic carbocycles. The number of thioether (sulfide) groups is 1. The molecule has 1 aromatic carbocycles. The van der Waals surface area contributed by atoms with E-state index in [1.165, 1.54) is 22.9 Å². The molecule has 0 unspecified atom stereocenters. The topological polar surface area (TPSA) is 33.0 Å². The second-order valence-corrected chi connectivity index (χ2v) is 4.05. The van der Waals surface area contributed by atoms with Crippen LogP contribution in [0, 0.1) is 25.2 Å². The van der Waals surface area contributed by atoms with Crippen LogP contribution in [-0.4, -0.2) is 12.9 Å². The van der Waals surface area contributed by atoms with Gasteiger partial charge in [0, 0.05) is 0 Å². The third kappa shape index (κ3) is 2.43. The molecule has 0 N–H and O–H groups in total. The zero-order chi connectivity index (χ0) is 10.6. The molecule has 0 fully saturated rings. The van der Waals surface area contributed by atoms with E-state index in [-0.39, 0.29) is 0 Å². The average Bonchev–Trinajstić information content (AvgIpc) is 2.15. The third-order valence-electron chi connectivity index (χ3n) is 1.89. The van der Waals surface area contributed by atoms with Gasteiger partial charge in [0.1, 0.15) is 5.75 Å². The number of nitrogens with zero attached hydrogens (tertiary/aromatic N) is 1. The van der Waals surface area contributed by atoms with E-state index >= 15 is 0 Å². The minimum absolute atomic E-state index is 0.459. The Kier molecular flexibility index (Phi) is 3.84. The number of ether oxygens (including phenoxy) is 1. The summed E-state index contributed by atoms with van der Waals surface area (Å²) in [5, 5.41) is 8.53. The summed E-state index contributed by atoms with van der Waals surface area (Å²) in [7, 11) is 1.66. The fourth-order valence-corrected chi connectivity index (χ4v) is 2.14. The van der Waals surface area contributed by atoms with E-state index in [2.05, 4.69) is 12.1 Å². The highest BCUT2D eigenvalue weighted by Crippen LogP contribution is 2.33. The molecule has 3 heteroatoms. The molecule has 1 rings (SSSR count). The molecule has 0 saturated carbocycles. The Labute approximate surface area is 88.9 Å². The highest BCUT2D eigenvalue weighted by molar-refractivity contribution is 7.99. The van der Waals surface area contributed by atoms with Gasteiger partial charge >= 0.3 is 0 Å². The van der Waals surface area contributed by atoms with Crippen LogP contribution >= 0.6 is 11.8 Å². The minimum Gasteiger partial charge on any atom is -0.496 e. The SMILES string of the molecule is COc1cc(C)cc(C)c1SCC#N. The largest absolute Gasteiger partial charge is 0.496 e. The summed E-state index contributed by atoms with van der Waals surface area (Å²) >= 11 is 1.52. The maximum absolute atomic E-state index is 8.53. The summed E-state index contributed by atoms with van der Waals surface area (Å²) in [4.78, 5) is 1.07. The van der Waals surface area contributed by atoms with Gasteiger partial charge < -0.3 is 4.74 Å². The summed E-state index contributed by atoms with van der Waals surface area (Å²) in [5.41, 5.74) is 2.35. The van der Waals surface area contributed by atoms with Crippen molar-refractivity contribution in [2.45, 2.75) is 18.7 Å². The Hall–Kier alpha value is -1.14. The molecule has 0 saturated heterocycles. The first-order valence-corrected chi connectivity index (χ1v) is 5.32. The molecule has 74 valence electrons. The quantitative estimate of drug-likeness (QED) is 0.714. The lowest BCUT2D eigenvalue weighted by Gasteiger charge is -2.10. The second kappa shape index (κ2) is 4.92. The van der Waals surface area contributed by atoms with Crippen LogP contribution in [0.4, 0.5) is 0 Å². The molecule has 0 aromatic heterocycles. The van der Waals surface area contributed by atoms with Crippen molar-refractivity contribution in [3.63, 3.8) is 0 Å². The first kappa shape index (κ1) is 10.9. The van der Waals surface area contributed by atoms with E-state index < -0.39 is 0 Å². The Morgan fingerprint density at radius 2 is 2.14 bits per heavy atom. The first-order valence-electron chi connectivity index (χ1n) is 4.34. The molecule has 0 spiro atoms. The molecular formula is C11H13NOS. The number of methoxy groups -OCH3 is 1. The second-order valence-electron chi connectivity index (χ2n) is 3.06. The van der Waals surface area contributed by atoms with Crippen molar-refractivity contribution in [1.29, 1.82) is 5.26 Å². The highest BCUT2D eigenvalue weighted by atomic mass is 32.2. The van der Waals surface area contributed by atoms with E-state index in [0.717, 1.165) is 10.6 Å². The molecule has 1 aromatic rings. The smallest absolute Gasteiger partial charge is 0.132 e. The summed E-state index contributed by atoms with van der Waals surface area (Å²) in [6, 6.07) is 6.21. The van der Waals surface area contributed by atoms with Crippen LogP contribution in [0.1, 0.15) is 11.1 Å². The number of hydrogen-bond donors (Lipinski definition) is 0. The predicted octanol–water partition coefficient (Wildman–Crippen LogP) is 2.93. The maximum atomic E-state index is 8.53. The lowest BCUT2D eigenvalue weighted by atomic mass is 10.1. The van der Waals surface area contributed by atoms with Crippen molar-refractivity contribution in [3.8, 4) is 11.8 Å². The van der Waals surface area contributed by atoms with Gasteiger partial charge in [0.25, 0.3) is 0 Å². The fraction of sp³-hybridized carbons (Fsp3) is 0.364. The average molecular weight is 207 g/mol. The van der Waals surface area contributed by atoms with Crippen LogP contribution in [-0.2, 0) is 0 Å². The number of hydrogen-bond acceptors (Lipinski definition) is 3. The molecular weight excluding hydrogens is 194 g/mol. The van der Waals surface area contributed by atoms with Gasteiger partial charge in [-0.3, -0.25) is 0 Å². The highest BCUT2D eigenvalue weighted by Gasteiger charge is 2.07. The van der Waals surface area contributed by atoms with Crippen molar-refractivity contribution in [1.82, 2.24) is 0 Å². The number of benzene rings is 1. The van der Waals surface area contributed by atoms with Crippen LogP contribution in [0.2, 0.25) is 0 Å². The van der Waals surface area contributed by atoms with E-state index in [9.17, 15) is 0 Å². The lowest BCUT2D eigenvalue weighted by molar-refractivity contribution is 0.404. The van der Waals surface area contributed by atoms with Crippen LogP contribution in [0.3, 0.4) is 0 Å². The molecule has 0 atom stereocenters. The minimum atomic E-state index is 0.459. The van der Waals surface area contributed by atoms with Gasteiger partial charge in [-0.2, -0.15) is 5.26 Å². The Morgan fingerprint density at radius 1 is 1.43 bits per heavy atom. The maximum Gasteiger partial charge on any atom is 0.132 e. The van der Waals surface area contributed by atoms with Crippen molar-refractivity contribution in [2.75, 3.05) is 12.9 Å². The number of aryl methyl sites for hydroxylation is 2. The molecule has 2 nitrogen and oxygen atoms in total. The Bertz CT molecular complexity index is 368. The number of nitriles is 1. The van der Waals surface area contributed by atoms with Gasteiger partial charge in [-0.05, 0) is 31.0 Å². The van der Waals surface area contributed by atoms with E-state index in [0.29, 0.717) is 5.75 Å². The van der Waals surface area contributed by atoms with E-state index in [1.807, 2.05) is 19.9 Å². The van der Waals surface area contributed by atoms with E-state index in [4.69, 9.17) is 10.00 Å². The molecule has 0 heterocycles. The molecule has 14 heavy (non-hydrogen) atoms. The first-order chi connectivity index (χ1) is 6.69. The van der Waals surface area contributed by atoms with Crippen molar-refractivity contribution >= 4 is 11.8 Å². The van der Waals surface area contributed by atoms with Gasteiger partial charge in [0.15, 0.2) is 0 Å². The Balaban J connectivity index is 3.06. The Morgan fingerprint density at radius 3 is 2.71 bits per heavy atom. The van der Waals surface area contributed by atoms with Crippen LogP contribution in [0.15, 0.2) is 17.0 Å². The summed E-state index contributed by atoms with van der Waals surface area (Å²) in [5.74, 6) is 1.32. The zero-order valence-electron chi connectivity index (χ0n) is 8.63. The van der Waals surface area contributed by atoms with Gasteiger partial charge in [0.2, 0.25) is 0 Å². The number of rotatable bonds is 3. The molecule has 0 bridgehead atoms. The predicted molar refractivity (Wildman–Crippen MR) is 58.8 cm³/mol. The van der Waals surface area contributed by atoms with Crippen LogP contribution in [0.25, 0.3) is 0 Å². The van der Waals surface area contributed by atoms with Gasteiger partial charge in [0.05, 0.1) is 23.8 Å². The molecule has 0 aliphatic rings. The van der Waals surface area contributed by atoms with Gasteiger partial charge in [-0.1, -0.05) is 6.07 Å². The zero-order valence-corrected chi connectivity index (χ0v) is 9.44. The monoisotopic (exact) mass is 207 g/mol. The van der Waals surface area contributed by atoms with Crippen LogP contribution in [0.5, 0.6) is 5.75 Å². The fourth-order valence-electron chi connectivity index (χ4n) is 1.36. The standard InChI is InChI=1S/C11H13NOS/c1-8-6-9(2)11(14-5-4-12)10(7-8)13-3/h6-7H,5H2,1-3H3. The summed E-state index contributed by atoms with van der Waals surface area (Å²) in [6.07, 6.45) is 0. The van der Waals surface area contributed by atoms with Crippen molar-refractivity contribution < 1.29 is 4.74 Å². The normalized spacial score (nSPS) is 9.57.